The third-order valence-corrected chi connectivity index (χ3v) is 11.5. The normalized spacial score (nSPS) is 11.5. The first-order chi connectivity index (χ1) is 21.6. The largest absolute Gasteiger partial charge is 0.496 e. The molecule has 0 heterocycles. The van der Waals surface area contributed by atoms with Gasteiger partial charge in [0, 0.05) is 32.6 Å². The number of fused-ring (bicyclic) bond motifs is 2. The molecule has 0 bridgehead atoms. The average Bonchev–Trinajstić information content (AvgIpc) is 3.10. The zero-order valence-corrected chi connectivity index (χ0v) is 25.5. The molecule has 0 aliphatic carbocycles. The molecule has 214 valence electrons. The Hall–Kier alpha value is -5.11. The van der Waals surface area contributed by atoms with Gasteiger partial charge in [-0.15, -0.1) is 0 Å². The van der Waals surface area contributed by atoms with Crippen LogP contribution in [0.1, 0.15) is 0 Å². The smallest absolute Gasteiger partial charge is 0.171 e. The molecule has 0 radical (unpaired) electrons. The fourth-order valence-electron chi connectivity index (χ4n) is 6.35. The van der Waals surface area contributed by atoms with Crippen molar-refractivity contribution < 1.29 is 14.0 Å². The molecule has 0 aromatic heterocycles. The second kappa shape index (κ2) is 11.5. The minimum Gasteiger partial charge on any atom is -0.496 e. The van der Waals surface area contributed by atoms with Crippen molar-refractivity contribution in [1.29, 1.82) is 0 Å². The molecule has 7 aromatic rings. The van der Waals surface area contributed by atoms with Gasteiger partial charge in [-0.3, -0.25) is 0 Å². The van der Waals surface area contributed by atoms with Gasteiger partial charge in [0.05, 0.1) is 14.2 Å². The van der Waals surface area contributed by atoms with Gasteiger partial charge in [0.25, 0.3) is 0 Å². The van der Waals surface area contributed by atoms with Crippen LogP contribution in [0.3, 0.4) is 0 Å². The molecule has 0 fully saturated rings. The molecule has 4 heteroatoms. The zero-order chi connectivity index (χ0) is 30.1. The number of rotatable bonds is 7. The molecule has 7 rings (SSSR count). The van der Waals surface area contributed by atoms with Crippen LogP contribution in [0.25, 0.3) is 43.8 Å². The molecule has 0 saturated carbocycles. The molecule has 0 aliphatic heterocycles. The van der Waals surface area contributed by atoms with Crippen molar-refractivity contribution in [2.24, 2.45) is 0 Å². The highest BCUT2D eigenvalue weighted by atomic mass is 31.2. The first-order valence-electron chi connectivity index (χ1n) is 14.6. The van der Waals surface area contributed by atoms with Crippen LogP contribution in [0, 0.1) is 0 Å². The van der Waals surface area contributed by atoms with Crippen LogP contribution in [0.4, 0.5) is 0 Å². The third kappa shape index (κ3) is 4.49. The Morgan fingerprint density at radius 2 is 1.02 bits per heavy atom. The van der Waals surface area contributed by atoms with E-state index in [-0.39, 0.29) is 0 Å². The Morgan fingerprint density at radius 3 is 1.66 bits per heavy atom. The Kier molecular flexibility index (Phi) is 7.26. The lowest BCUT2D eigenvalue weighted by atomic mass is 9.88. The highest BCUT2D eigenvalue weighted by Crippen LogP contribution is 2.51. The maximum absolute atomic E-state index is 15.6. The van der Waals surface area contributed by atoms with Crippen molar-refractivity contribution in [2.75, 3.05) is 14.2 Å². The molecule has 7 aromatic carbocycles. The maximum atomic E-state index is 15.6. The van der Waals surface area contributed by atoms with Crippen molar-refractivity contribution >= 4 is 44.6 Å². The molecule has 0 N–H and O–H groups in total. The summed E-state index contributed by atoms with van der Waals surface area (Å²) in [4.78, 5) is 0. The van der Waals surface area contributed by atoms with Crippen LogP contribution in [-0.2, 0) is 4.57 Å². The molecular weight excluding hydrogens is 559 g/mol. The molecule has 0 saturated heterocycles. The first kappa shape index (κ1) is 27.7. The van der Waals surface area contributed by atoms with Gasteiger partial charge < -0.3 is 14.0 Å². The van der Waals surface area contributed by atoms with Crippen molar-refractivity contribution in [2.45, 2.75) is 0 Å². The van der Waals surface area contributed by atoms with E-state index in [0.29, 0.717) is 5.75 Å². The van der Waals surface area contributed by atoms with Crippen molar-refractivity contribution in [1.82, 2.24) is 0 Å². The monoisotopic (exact) mass is 590 g/mol. The van der Waals surface area contributed by atoms with E-state index in [1.165, 1.54) is 0 Å². The van der Waals surface area contributed by atoms with Gasteiger partial charge >= 0.3 is 0 Å². The summed E-state index contributed by atoms with van der Waals surface area (Å²) in [6, 6.07) is 50.6. The quantitative estimate of drug-likeness (QED) is 0.174. The van der Waals surface area contributed by atoms with Gasteiger partial charge in [-0.25, -0.2) is 0 Å². The number of methoxy groups -OCH3 is 2. The van der Waals surface area contributed by atoms with E-state index >= 15 is 4.57 Å². The van der Waals surface area contributed by atoms with E-state index in [0.717, 1.165) is 65.5 Å². The number of benzene rings is 7. The minimum absolute atomic E-state index is 0.707. The lowest BCUT2D eigenvalue weighted by Gasteiger charge is -2.25. The van der Waals surface area contributed by atoms with Crippen molar-refractivity contribution in [3.8, 4) is 33.8 Å². The number of ether oxygens (including phenoxy) is 2. The minimum atomic E-state index is -3.29. The van der Waals surface area contributed by atoms with E-state index < -0.39 is 7.14 Å². The van der Waals surface area contributed by atoms with E-state index in [1.54, 1.807) is 14.2 Å². The van der Waals surface area contributed by atoms with Crippen LogP contribution in [0.5, 0.6) is 11.5 Å². The highest BCUT2D eigenvalue weighted by molar-refractivity contribution is 7.85. The SMILES string of the molecule is COc1ccc2ccccc2c1-c1c(OC)c(-c2ccccc2P(=O)(c2ccccc2)c2ccccc2)cc2ccccc12. The van der Waals surface area contributed by atoms with E-state index in [1.807, 2.05) is 97.1 Å². The zero-order valence-electron chi connectivity index (χ0n) is 24.6. The summed E-state index contributed by atoms with van der Waals surface area (Å²) in [5.74, 6) is 1.47. The Bertz CT molecular complexity index is 2130. The predicted molar refractivity (Wildman–Crippen MR) is 185 cm³/mol. The van der Waals surface area contributed by atoms with E-state index in [2.05, 4.69) is 54.6 Å². The first-order valence-corrected chi connectivity index (χ1v) is 16.3. The van der Waals surface area contributed by atoms with Crippen LogP contribution in [0.2, 0.25) is 0 Å². The van der Waals surface area contributed by atoms with Crippen LogP contribution in [-0.4, -0.2) is 14.2 Å². The van der Waals surface area contributed by atoms with Gasteiger partial charge in [-0.2, -0.15) is 0 Å². The number of hydrogen-bond acceptors (Lipinski definition) is 3. The van der Waals surface area contributed by atoms with Gasteiger partial charge in [-0.1, -0.05) is 140 Å². The summed E-state index contributed by atoms with van der Waals surface area (Å²) in [5, 5.41) is 6.62. The summed E-state index contributed by atoms with van der Waals surface area (Å²) in [5.41, 5.74) is 3.65. The van der Waals surface area contributed by atoms with E-state index in [4.69, 9.17) is 9.47 Å². The fraction of sp³-hybridized carbons (Fsp3) is 0.0500. The second-order valence-corrected chi connectivity index (χ2v) is 13.4. The highest BCUT2D eigenvalue weighted by Gasteiger charge is 2.33. The van der Waals surface area contributed by atoms with Crippen LogP contribution < -0.4 is 25.4 Å². The lowest BCUT2D eigenvalue weighted by molar-refractivity contribution is 0.412. The molecule has 0 atom stereocenters. The summed E-state index contributed by atoms with van der Waals surface area (Å²) < 4.78 is 28.0. The Labute approximate surface area is 257 Å². The van der Waals surface area contributed by atoms with Gasteiger partial charge in [-0.05, 0) is 39.2 Å². The second-order valence-electron chi connectivity index (χ2n) is 10.7. The lowest BCUT2D eigenvalue weighted by Crippen LogP contribution is -2.26. The van der Waals surface area contributed by atoms with Crippen molar-refractivity contribution in [3.05, 3.63) is 152 Å². The molecule has 0 aliphatic rings. The van der Waals surface area contributed by atoms with Gasteiger partial charge in [0.1, 0.15) is 11.5 Å². The summed E-state index contributed by atoms with van der Waals surface area (Å²) in [6.07, 6.45) is 0. The van der Waals surface area contributed by atoms with E-state index in [9.17, 15) is 0 Å². The molecule has 3 nitrogen and oxygen atoms in total. The van der Waals surface area contributed by atoms with Gasteiger partial charge in [0.15, 0.2) is 7.14 Å². The third-order valence-electron chi connectivity index (χ3n) is 8.34. The molecule has 0 amide bonds. The van der Waals surface area contributed by atoms with Crippen LogP contribution >= 0.6 is 7.14 Å². The van der Waals surface area contributed by atoms with Crippen molar-refractivity contribution in [3.63, 3.8) is 0 Å². The van der Waals surface area contributed by atoms with Crippen LogP contribution in [0.15, 0.2) is 152 Å². The van der Waals surface area contributed by atoms with Gasteiger partial charge in [0.2, 0.25) is 0 Å². The maximum Gasteiger partial charge on any atom is 0.171 e. The fourth-order valence-corrected chi connectivity index (χ4v) is 9.22. The summed E-state index contributed by atoms with van der Waals surface area (Å²) >= 11 is 0. The molecule has 0 unspecified atom stereocenters. The topological polar surface area (TPSA) is 35.5 Å². The predicted octanol–water partition coefficient (Wildman–Crippen LogP) is 8.98. The molecule has 0 spiro atoms. The Morgan fingerprint density at radius 1 is 0.477 bits per heavy atom. The Balaban J connectivity index is 1.61. The standard InChI is InChI=1S/C40H31O3P/c1-42-36-26-25-28-15-9-11-21-32(28)38(36)39-33-22-12-10-16-29(33)27-35(40(39)43-2)34-23-13-14-24-37(34)44(41,30-17-5-3-6-18-30)31-19-7-4-8-20-31/h3-27H,1-2H3. The molecular formula is C40H31O3P. The summed E-state index contributed by atoms with van der Waals surface area (Å²) in [6.45, 7) is 0. The number of hydrogen-bond donors (Lipinski definition) is 0. The molecule has 44 heavy (non-hydrogen) atoms. The average molecular weight is 591 g/mol. The summed E-state index contributed by atoms with van der Waals surface area (Å²) in [7, 11) is 0.127.